The van der Waals surface area contributed by atoms with Gasteiger partial charge < -0.3 is 9.80 Å². The molecule has 0 atom stereocenters. The summed E-state index contributed by atoms with van der Waals surface area (Å²) in [5, 5.41) is 12.7. The third-order valence-electron chi connectivity index (χ3n) is 4.51. The standard InChI is InChI=1S/C18H16N4O3/c1-20(2)9-10-21-13-7-8-14(22(24)25)17-16(13)15(18(21)23)11-5-3-4-6-12(11)19-17/h3-8H,9-10H2,1-2H3. The lowest BCUT2D eigenvalue weighted by atomic mass is 10.0. The number of amides is 1. The van der Waals surface area contributed by atoms with Crippen LogP contribution in [0.5, 0.6) is 0 Å². The topological polar surface area (TPSA) is 79.6 Å². The molecule has 0 aliphatic carbocycles. The van der Waals surface area contributed by atoms with Crippen molar-refractivity contribution in [3.63, 3.8) is 0 Å². The molecule has 1 aliphatic heterocycles. The summed E-state index contributed by atoms with van der Waals surface area (Å²) in [6.45, 7) is 1.21. The molecule has 0 radical (unpaired) electrons. The fourth-order valence-electron chi connectivity index (χ4n) is 3.33. The number of likely N-dealkylation sites (N-methyl/N-ethyl adjacent to an activating group) is 1. The van der Waals surface area contributed by atoms with Gasteiger partial charge in [0, 0.05) is 29.9 Å². The number of anilines is 1. The summed E-state index contributed by atoms with van der Waals surface area (Å²) in [5.74, 6) is -0.124. The minimum Gasteiger partial charge on any atom is -0.308 e. The zero-order chi connectivity index (χ0) is 17.7. The Bertz CT molecular complexity index is 1050. The zero-order valence-electron chi connectivity index (χ0n) is 13.9. The summed E-state index contributed by atoms with van der Waals surface area (Å²) in [7, 11) is 3.88. The summed E-state index contributed by atoms with van der Waals surface area (Å²) in [6, 6.07) is 10.4. The molecular formula is C18H16N4O3. The smallest absolute Gasteiger partial charge is 0.295 e. The predicted octanol–water partition coefficient (Wildman–Crippen LogP) is 2.82. The van der Waals surface area contributed by atoms with Crippen molar-refractivity contribution in [1.82, 2.24) is 9.88 Å². The number of non-ortho nitro benzene ring substituents is 1. The molecule has 0 unspecified atom stereocenters. The number of nitro benzene ring substituents is 1. The average Bonchev–Trinajstić information content (AvgIpc) is 2.87. The summed E-state index contributed by atoms with van der Waals surface area (Å²) in [4.78, 5) is 32.3. The van der Waals surface area contributed by atoms with Crippen molar-refractivity contribution < 1.29 is 9.72 Å². The molecule has 0 saturated heterocycles. The van der Waals surface area contributed by atoms with Crippen molar-refractivity contribution in [2.75, 3.05) is 32.1 Å². The highest BCUT2D eigenvalue weighted by Gasteiger charge is 2.34. The van der Waals surface area contributed by atoms with Crippen molar-refractivity contribution in [3.05, 3.63) is 52.1 Å². The fraction of sp³-hybridized carbons (Fsp3) is 0.222. The van der Waals surface area contributed by atoms with Crippen molar-refractivity contribution in [2.24, 2.45) is 0 Å². The highest BCUT2D eigenvalue weighted by molar-refractivity contribution is 6.30. The number of hydrogen-bond donors (Lipinski definition) is 0. The first-order chi connectivity index (χ1) is 12.0. The quantitative estimate of drug-likeness (QED) is 0.416. The number of carbonyl (C=O) groups is 1. The van der Waals surface area contributed by atoms with Gasteiger partial charge in [0.1, 0.15) is 0 Å². The Morgan fingerprint density at radius 1 is 1.20 bits per heavy atom. The van der Waals surface area contributed by atoms with Crippen LogP contribution in [-0.2, 0) is 0 Å². The Morgan fingerprint density at radius 3 is 2.68 bits per heavy atom. The maximum Gasteiger partial charge on any atom is 0.295 e. The van der Waals surface area contributed by atoms with Gasteiger partial charge in [0.15, 0.2) is 5.52 Å². The van der Waals surface area contributed by atoms with Gasteiger partial charge in [-0.3, -0.25) is 14.9 Å². The van der Waals surface area contributed by atoms with E-state index in [0.717, 1.165) is 5.39 Å². The molecule has 0 fully saturated rings. The molecule has 0 N–H and O–H groups in total. The van der Waals surface area contributed by atoms with E-state index >= 15 is 0 Å². The largest absolute Gasteiger partial charge is 0.308 e. The number of carbonyl (C=O) groups excluding carboxylic acids is 1. The van der Waals surface area contributed by atoms with E-state index in [0.29, 0.717) is 35.2 Å². The van der Waals surface area contributed by atoms with Crippen LogP contribution in [0.4, 0.5) is 11.4 Å². The van der Waals surface area contributed by atoms with Gasteiger partial charge in [0.05, 0.1) is 21.7 Å². The van der Waals surface area contributed by atoms with E-state index in [4.69, 9.17) is 0 Å². The molecule has 0 bridgehead atoms. The molecule has 1 aromatic heterocycles. The first-order valence-electron chi connectivity index (χ1n) is 7.95. The lowest BCUT2D eigenvalue weighted by Gasteiger charge is -2.20. The van der Waals surface area contributed by atoms with Gasteiger partial charge in [-0.1, -0.05) is 18.2 Å². The number of fused-ring (bicyclic) bond motifs is 2. The van der Waals surface area contributed by atoms with Crippen LogP contribution in [0.3, 0.4) is 0 Å². The first kappa shape index (κ1) is 15.5. The van der Waals surface area contributed by atoms with E-state index in [2.05, 4.69) is 4.98 Å². The molecule has 0 saturated carbocycles. The second-order valence-electron chi connectivity index (χ2n) is 6.35. The Morgan fingerprint density at radius 2 is 1.96 bits per heavy atom. The van der Waals surface area contributed by atoms with Crippen molar-refractivity contribution in [2.45, 2.75) is 0 Å². The Labute approximate surface area is 143 Å². The molecule has 7 nitrogen and oxygen atoms in total. The summed E-state index contributed by atoms with van der Waals surface area (Å²) >= 11 is 0. The van der Waals surface area contributed by atoms with Crippen LogP contribution in [0, 0.1) is 10.1 Å². The van der Waals surface area contributed by atoms with E-state index in [1.54, 1.807) is 17.0 Å². The molecule has 2 heterocycles. The molecule has 4 rings (SSSR count). The van der Waals surface area contributed by atoms with Gasteiger partial charge in [0.25, 0.3) is 11.6 Å². The average molecular weight is 336 g/mol. The minimum atomic E-state index is -0.447. The second-order valence-corrected chi connectivity index (χ2v) is 6.35. The van der Waals surface area contributed by atoms with Crippen LogP contribution in [0.15, 0.2) is 36.4 Å². The van der Waals surface area contributed by atoms with Crippen LogP contribution < -0.4 is 4.90 Å². The molecule has 1 amide bonds. The van der Waals surface area contributed by atoms with E-state index in [1.807, 2.05) is 37.2 Å². The SMILES string of the molecule is CN(C)CCN1C(=O)c2c3ccccc3nc3c([N+](=O)[O-])ccc1c23. The van der Waals surface area contributed by atoms with Crippen LogP contribution >= 0.6 is 0 Å². The van der Waals surface area contributed by atoms with E-state index < -0.39 is 4.92 Å². The fourth-order valence-corrected chi connectivity index (χ4v) is 3.33. The molecule has 1 aliphatic rings. The normalized spacial score (nSPS) is 13.4. The summed E-state index contributed by atoms with van der Waals surface area (Å²) in [5.41, 5.74) is 2.00. The third kappa shape index (κ3) is 2.24. The number of pyridine rings is 1. The van der Waals surface area contributed by atoms with Gasteiger partial charge >= 0.3 is 0 Å². The van der Waals surface area contributed by atoms with Gasteiger partial charge in [-0.2, -0.15) is 0 Å². The Balaban J connectivity index is 2.05. The number of rotatable bonds is 4. The number of benzene rings is 2. The number of nitrogens with zero attached hydrogens (tertiary/aromatic N) is 4. The van der Waals surface area contributed by atoms with Gasteiger partial charge in [-0.25, -0.2) is 4.98 Å². The number of para-hydroxylation sites is 1. The molecule has 7 heteroatoms. The highest BCUT2D eigenvalue weighted by atomic mass is 16.6. The van der Waals surface area contributed by atoms with Gasteiger partial charge in [0.2, 0.25) is 0 Å². The molecule has 2 aromatic carbocycles. The van der Waals surface area contributed by atoms with Crippen LogP contribution in [0.2, 0.25) is 0 Å². The van der Waals surface area contributed by atoms with Crippen LogP contribution in [0.25, 0.3) is 21.8 Å². The monoisotopic (exact) mass is 336 g/mol. The van der Waals surface area contributed by atoms with Gasteiger partial charge in [-0.05, 0) is 26.2 Å². The number of aromatic nitrogens is 1. The number of hydrogen-bond acceptors (Lipinski definition) is 5. The van der Waals surface area contributed by atoms with Crippen molar-refractivity contribution in [3.8, 4) is 0 Å². The van der Waals surface area contributed by atoms with Gasteiger partial charge in [-0.15, -0.1) is 0 Å². The lowest BCUT2D eigenvalue weighted by Crippen LogP contribution is -2.34. The summed E-state index contributed by atoms with van der Waals surface area (Å²) in [6.07, 6.45) is 0. The first-order valence-corrected chi connectivity index (χ1v) is 7.95. The predicted molar refractivity (Wildman–Crippen MR) is 96.1 cm³/mol. The molecule has 3 aromatic rings. The van der Waals surface area contributed by atoms with E-state index in [9.17, 15) is 14.9 Å². The van der Waals surface area contributed by atoms with Crippen LogP contribution in [-0.4, -0.2) is 47.9 Å². The maximum atomic E-state index is 13.1. The van der Waals surface area contributed by atoms with Crippen molar-refractivity contribution >= 4 is 39.1 Å². The molecule has 0 spiro atoms. The summed E-state index contributed by atoms with van der Waals surface area (Å²) < 4.78 is 0. The van der Waals surface area contributed by atoms with E-state index in [1.165, 1.54) is 6.07 Å². The third-order valence-corrected chi connectivity index (χ3v) is 4.51. The second kappa shape index (κ2) is 5.49. The minimum absolute atomic E-state index is 0.0759. The highest BCUT2D eigenvalue weighted by Crippen LogP contribution is 2.43. The molecule has 25 heavy (non-hydrogen) atoms. The zero-order valence-corrected chi connectivity index (χ0v) is 13.9. The number of nitro groups is 1. The van der Waals surface area contributed by atoms with Crippen LogP contribution in [0.1, 0.15) is 10.4 Å². The molecular weight excluding hydrogens is 320 g/mol. The maximum absolute atomic E-state index is 13.1. The van der Waals surface area contributed by atoms with Crippen molar-refractivity contribution in [1.29, 1.82) is 0 Å². The Hall–Kier alpha value is -3.06. The molecule has 126 valence electrons. The van der Waals surface area contributed by atoms with E-state index in [-0.39, 0.29) is 17.1 Å². The Kier molecular flexibility index (Phi) is 3.40. The lowest BCUT2D eigenvalue weighted by molar-refractivity contribution is -0.383.